The lowest BCUT2D eigenvalue weighted by atomic mass is 9.98. The number of amides is 3. The van der Waals surface area contributed by atoms with Crippen LogP contribution in [-0.2, 0) is 32.0 Å². The number of carboxylic acids is 1. The summed E-state index contributed by atoms with van der Waals surface area (Å²) in [5, 5.41) is 18.1. The lowest BCUT2D eigenvalue weighted by Crippen LogP contribution is -2.55. The predicted octanol–water partition coefficient (Wildman–Crippen LogP) is 0.220. The van der Waals surface area contributed by atoms with Crippen LogP contribution in [0.25, 0.3) is 10.9 Å². The highest BCUT2D eigenvalue weighted by Crippen LogP contribution is 2.18. The van der Waals surface area contributed by atoms with Crippen LogP contribution in [-0.4, -0.2) is 68.4 Å². The zero-order valence-corrected chi connectivity index (χ0v) is 20.8. The summed E-state index contributed by atoms with van der Waals surface area (Å²) in [7, 11) is 0. The van der Waals surface area contributed by atoms with Gasteiger partial charge in [0, 0.05) is 35.4 Å². The van der Waals surface area contributed by atoms with E-state index in [0.717, 1.165) is 16.5 Å². The molecule has 0 aliphatic rings. The average Bonchev–Trinajstić information content (AvgIpc) is 3.54. The molecule has 1 aromatic carbocycles. The summed E-state index contributed by atoms with van der Waals surface area (Å²) in [5.74, 6) is -3.27. The van der Waals surface area contributed by atoms with Crippen LogP contribution in [0.1, 0.15) is 31.5 Å². The van der Waals surface area contributed by atoms with Gasteiger partial charge in [-0.05, 0) is 24.0 Å². The number of hydrogen-bond acceptors (Lipinski definition) is 6. The smallest absolute Gasteiger partial charge is 0.326 e. The summed E-state index contributed by atoms with van der Waals surface area (Å²) in [5.41, 5.74) is 8.45. The molecule has 0 saturated carbocycles. The molecule has 198 valence electrons. The molecule has 3 rings (SSSR count). The fourth-order valence-electron chi connectivity index (χ4n) is 3.94. The highest BCUT2D eigenvalue weighted by molar-refractivity contribution is 5.93. The summed E-state index contributed by atoms with van der Waals surface area (Å²) in [6.45, 7) is 3.14. The van der Waals surface area contributed by atoms with Gasteiger partial charge >= 0.3 is 5.97 Å². The van der Waals surface area contributed by atoms with Crippen molar-refractivity contribution in [3.05, 3.63) is 54.2 Å². The largest absolute Gasteiger partial charge is 0.480 e. The van der Waals surface area contributed by atoms with Crippen molar-refractivity contribution in [2.45, 2.75) is 51.2 Å². The van der Waals surface area contributed by atoms with Crippen LogP contribution in [0, 0.1) is 5.92 Å². The molecule has 8 N–H and O–H groups in total. The minimum atomic E-state index is -1.16. The summed E-state index contributed by atoms with van der Waals surface area (Å²) in [6, 6.07) is 4.57. The number of nitrogens with two attached hydrogens (primary N) is 1. The van der Waals surface area contributed by atoms with Crippen LogP contribution in [0.3, 0.4) is 0 Å². The van der Waals surface area contributed by atoms with Gasteiger partial charge in [0.05, 0.1) is 18.9 Å². The number of nitrogens with zero attached hydrogens (tertiary/aromatic N) is 1. The quantitative estimate of drug-likeness (QED) is 0.170. The van der Waals surface area contributed by atoms with Crippen LogP contribution in [0.5, 0.6) is 0 Å². The van der Waals surface area contributed by atoms with Crippen LogP contribution in [0.2, 0.25) is 0 Å². The highest BCUT2D eigenvalue weighted by atomic mass is 16.4. The highest BCUT2D eigenvalue weighted by Gasteiger charge is 2.30. The predicted molar refractivity (Wildman–Crippen MR) is 136 cm³/mol. The van der Waals surface area contributed by atoms with Crippen LogP contribution in [0.4, 0.5) is 0 Å². The number of aromatic nitrogens is 3. The van der Waals surface area contributed by atoms with Crippen LogP contribution >= 0.6 is 0 Å². The number of imidazole rings is 1. The molecule has 0 saturated heterocycles. The number of fused-ring (bicyclic) bond motifs is 1. The molecule has 0 aliphatic carbocycles. The summed E-state index contributed by atoms with van der Waals surface area (Å²) >= 11 is 0. The first-order valence-corrected chi connectivity index (χ1v) is 12.1. The number of carbonyl (C=O) groups is 4. The minimum Gasteiger partial charge on any atom is -0.480 e. The molecule has 0 spiro atoms. The number of nitrogens with one attached hydrogen (secondary N) is 5. The third kappa shape index (κ3) is 7.40. The van der Waals surface area contributed by atoms with E-state index in [0.29, 0.717) is 12.1 Å². The van der Waals surface area contributed by atoms with Gasteiger partial charge in [0.1, 0.15) is 12.1 Å². The van der Waals surface area contributed by atoms with E-state index in [4.69, 9.17) is 5.73 Å². The molecular formula is C25H33N7O5. The molecule has 0 aliphatic heterocycles. The molecule has 3 amide bonds. The van der Waals surface area contributed by atoms with Crippen molar-refractivity contribution < 1.29 is 24.3 Å². The lowest BCUT2D eigenvalue weighted by molar-refractivity contribution is -0.143. The first-order valence-electron chi connectivity index (χ1n) is 12.1. The van der Waals surface area contributed by atoms with Crippen LogP contribution in [0.15, 0.2) is 43.0 Å². The minimum absolute atomic E-state index is 0.0540. The van der Waals surface area contributed by atoms with E-state index >= 15 is 0 Å². The molecule has 12 heteroatoms. The third-order valence-corrected chi connectivity index (χ3v) is 6.28. The van der Waals surface area contributed by atoms with E-state index in [1.165, 1.54) is 12.5 Å². The molecule has 2 aromatic heterocycles. The van der Waals surface area contributed by atoms with Gasteiger partial charge in [0.25, 0.3) is 0 Å². The molecule has 0 bridgehead atoms. The Kier molecular flexibility index (Phi) is 9.39. The van der Waals surface area contributed by atoms with Crippen LogP contribution < -0.4 is 21.7 Å². The number of benzene rings is 1. The Hall–Kier alpha value is -4.19. The number of carbonyl (C=O) groups excluding carboxylic acids is 3. The van der Waals surface area contributed by atoms with E-state index < -0.39 is 48.4 Å². The Morgan fingerprint density at radius 2 is 1.84 bits per heavy atom. The Morgan fingerprint density at radius 1 is 1.08 bits per heavy atom. The SMILES string of the molecule is CCC(C)C(NC(=O)C(Cc1cnc[nH]1)NC(=O)CNC(=O)C(N)Cc1c[nH]c2ccccc12)C(=O)O. The summed E-state index contributed by atoms with van der Waals surface area (Å²) < 4.78 is 0. The van der Waals surface area contributed by atoms with Gasteiger partial charge in [0.2, 0.25) is 17.7 Å². The maximum atomic E-state index is 12.9. The molecule has 4 atom stereocenters. The van der Waals surface area contributed by atoms with E-state index in [-0.39, 0.29) is 18.8 Å². The van der Waals surface area contributed by atoms with Gasteiger partial charge in [-0.25, -0.2) is 9.78 Å². The van der Waals surface area contributed by atoms with Crippen molar-refractivity contribution in [1.29, 1.82) is 0 Å². The van der Waals surface area contributed by atoms with Crippen molar-refractivity contribution in [3.63, 3.8) is 0 Å². The third-order valence-electron chi connectivity index (χ3n) is 6.28. The van der Waals surface area contributed by atoms with Crippen molar-refractivity contribution in [2.75, 3.05) is 6.54 Å². The Balaban J connectivity index is 1.58. The molecule has 4 unspecified atom stereocenters. The molecule has 3 aromatic rings. The van der Waals surface area contributed by atoms with Crippen molar-refractivity contribution in [1.82, 2.24) is 30.9 Å². The summed E-state index contributed by atoms with van der Waals surface area (Å²) in [4.78, 5) is 59.6. The first-order chi connectivity index (χ1) is 17.7. The standard InChI is InChI=1S/C25H33N7O5/c1-3-14(2)22(25(36)37)32-24(35)20(9-16-11-27-13-30-16)31-21(33)12-29-23(34)18(26)8-15-10-28-19-7-5-4-6-17(15)19/h4-7,10-11,13-14,18,20,22,28H,3,8-9,12,26H2,1-2H3,(H,27,30)(H,29,34)(H,31,33)(H,32,35)(H,36,37). The number of rotatable bonds is 13. The van der Waals surface area contributed by atoms with Gasteiger partial charge in [-0.2, -0.15) is 0 Å². The maximum Gasteiger partial charge on any atom is 0.326 e. The van der Waals surface area contributed by atoms with Gasteiger partial charge < -0.3 is 36.8 Å². The lowest BCUT2D eigenvalue weighted by Gasteiger charge is -2.24. The van der Waals surface area contributed by atoms with E-state index in [2.05, 4.69) is 30.9 Å². The topological polar surface area (TPSA) is 195 Å². The maximum absolute atomic E-state index is 12.9. The van der Waals surface area contributed by atoms with Crippen molar-refractivity contribution in [3.8, 4) is 0 Å². The Morgan fingerprint density at radius 3 is 2.51 bits per heavy atom. The second-order valence-corrected chi connectivity index (χ2v) is 9.00. The zero-order valence-electron chi connectivity index (χ0n) is 20.8. The van der Waals surface area contributed by atoms with Gasteiger partial charge in [0.15, 0.2) is 0 Å². The Labute approximate surface area is 213 Å². The number of aliphatic carboxylic acids is 1. The number of para-hydroxylation sites is 1. The molecule has 37 heavy (non-hydrogen) atoms. The molecule has 0 fully saturated rings. The van der Waals surface area contributed by atoms with Crippen molar-refractivity contribution in [2.24, 2.45) is 11.7 Å². The number of aromatic amines is 2. The molecule has 0 radical (unpaired) electrons. The second-order valence-electron chi connectivity index (χ2n) is 9.00. The summed E-state index contributed by atoms with van der Waals surface area (Å²) in [6.07, 6.45) is 5.60. The van der Waals surface area contributed by atoms with Gasteiger partial charge in [-0.1, -0.05) is 38.5 Å². The van der Waals surface area contributed by atoms with E-state index in [9.17, 15) is 24.3 Å². The van der Waals surface area contributed by atoms with Gasteiger partial charge in [-0.15, -0.1) is 0 Å². The molecule has 12 nitrogen and oxygen atoms in total. The monoisotopic (exact) mass is 511 g/mol. The van der Waals surface area contributed by atoms with E-state index in [1.54, 1.807) is 13.1 Å². The van der Waals surface area contributed by atoms with E-state index in [1.807, 2.05) is 31.2 Å². The van der Waals surface area contributed by atoms with Gasteiger partial charge in [-0.3, -0.25) is 14.4 Å². The first kappa shape index (κ1) is 27.4. The number of carboxylic acid groups (broad SMARTS) is 1. The number of hydrogen-bond donors (Lipinski definition) is 7. The average molecular weight is 512 g/mol. The number of H-pyrrole nitrogens is 2. The fourth-order valence-corrected chi connectivity index (χ4v) is 3.94. The Bertz CT molecular complexity index is 1220. The zero-order chi connectivity index (χ0) is 26.9. The molecule has 2 heterocycles. The fraction of sp³-hybridized carbons (Fsp3) is 0.400. The normalized spacial score (nSPS) is 14.4. The van der Waals surface area contributed by atoms with Crippen molar-refractivity contribution >= 4 is 34.6 Å². The molecular weight excluding hydrogens is 478 g/mol. The second kappa shape index (κ2) is 12.7.